The zero-order valence-corrected chi connectivity index (χ0v) is 34.7. The van der Waals surface area contributed by atoms with Gasteiger partial charge in [-0.2, -0.15) is 0 Å². The number of rotatable bonds is 5. The highest BCUT2D eigenvalue weighted by Gasteiger charge is 2.57. The standard InChI is InChI=1S/C57H48N2/c1-55(2)50-35-48(37-29-31-47-46-27-17-18-28-52(46)59(53(47)33-37)39-21-11-8-12-22-39)54(36-51(50)56(3,4)57(55,5)6)58(38-19-9-7-10-20-38)40-30-32-45-43-25-14-13-23-41(43)42-24-15-16-26-44(42)49(45)34-40/h7-36H,1-6H3. The fourth-order valence-electron chi connectivity index (χ4n) is 10.5. The Morgan fingerprint density at radius 2 is 0.864 bits per heavy atom. The summed E-state index contributed by atoms with van der Waals surface area (Å²) in [6, 6.07) is 67.7. The highest BCUT2D eigenvalue weighted by atomic mass is 15.1. The second-order valence-corrected chi connectivity index (χ2v) is 18.2. The van der Waals surface area contributed by atoms with E-state index < -0.39 is 0 Å². The minimum absolute atomic E-state index is 0.00239. The van der Waals surface area contributed by atoms with E-state index in [1.807, 2.05) is 0 Å². The molecule has 0 spiro atoms. The van der Waals surface area contributed by atoms with Crippen LogP contribution in [0.25, 0.3) is 70.9 Å². The second kappa shape index (κ2) is 12.7. The zero-order chi connectivity index (χ0) is 40.3. The van der Waals surface area contributed by atoms with Crippen LogP contribution in [-0.2, 0) is 10.8 Å². The smallest absolute Gasteiger partial charge is 0.0547 e. The summed E-state index contributed by atoms with van der Waals surface area (Å²) in [6.45, 7) is 14.7. The van der Waals surface area contributed by atoms with E-state index in [9.17, 15) is 0 Å². The van der Waals surface area contributed by atoms with E-state index in [1.165, 1.54) is 82.1 Å². The fourth-order valence-corrected chi connectivity index (χ4v) is 10.5. The molecule has 9 aromatic carbocycles. The molecule has 59 heavy (non-hydrogen) atoms. The monoisotopic (exact) mass is 760 g/mol. The van der Waals surface area contributed by atoms with Crippen molar-refractivity contribution in [2.24, 2.45) is 5.41 Å². The first-order valence-electron chi connectivity index (χ1n) is 21.0. The van der Waals surface area contributed by atoms with Gasteiger partial charge in [-0.25, -0.2) is 0 Å². The summed E-state index contributed by atoms with van der Waals surface area (Å²) in [5.41, 5.74) is 12.2. The number of hydrogen-bond donors (Lipinski definition) is 0. The minimum atomic E-state index is -0.0797. The summed E-state index contributed by atoms with van der Waals surface area (Å²) < 4.78 is 2.44. The van der Waals surface area contributed by atoms with Crippen molar-refractivity contribution < 1.29 is 0 Å². The van der Waals surface area contributed by atoms with Crippen molar-refractivity contribution in [3.63, 3.8) is 0 Å². The molecule has 0 bridgehead atoms. The van der Waals surface area contributed by atoms with Gasteiger partial charge in [-0.05, 0) is 126 Å². The Morgan fingerprint density at radius 1 is 0.373 bits per heavy atom. The molecule has 286 valence electrons. The maximum absolute atomic E-state index is 2.55. The van der Waals surface area contributed by atoms with Crippen LogP contribution in [0.15, 0.2) is 182 Å². The number of nitrogens with zero attached hydrogens (tertiary/aromatic N) is 2. The van der Waals surface area contributed by atoms with Crippen LogP contribution >= 0.6 is 0 Å². The van der Waals surface area contributed by atoms with Crippen LogP contribution in [0.2, 0.25) is 0 Å². The molecule has 11 rings (SSSR count). The third kappa shape index (κ3) is 4.99. The van der Waals surface area contributed by atoms with Gasteiger partial charge >= 0.3 is 0 Å². The molecule has 0 saturated heterocycles. The number of para-hydroxylation sites is 3. The molecule has 2 heteroatoms. The number of benzene rings is 9. The lowest BCUT2D eigenvalue weighted by atomic mass is 9.59. The van der Waals surface area contributed by atoms with E-state index in [-0.39, 0.29) is 16.2 Å². The molecule has 2 nitrogen and oxygen atoms in total. The Balaban J connectivity index is 1.24. The van der Waals surface area contributed by atoms with Crippen LogP contribution < -0.4 is 4.90 Å². The van der Waals surface area contributed by atoms with E-state index in [1.54, 1.807) is 0 Å². The average molecular weight is 761 g/mol. The largest absolute Gasteiger partial charge is 0.310 e. The summed E-state index contributed by atoms with van der Waals surface area (Å²) in [7, 11) is 0. The topological polar surface area (TPSA) is 8.17 Å². The van der Waals surface area contributed by atoms with Gasteiger partial charge in [0.05, 0.1) is 16.7 Å². The molecule has 1 aromatic heterocycles. The van der Waals surface area contributed by atoms with Crippen molar-refractivity contribution in [3.05, 3.63) is 193 Å². The van der Waals surface area contributed by atoms with Crippen molar-refractivity contribution in [3.8, 4) is 16.8 Å². The maximum Gasteiger partial charge on any atom is 0.0547 e. The van der Waals surface area contributed by atoms with Crippen molar-refractivity contribution >= 4 is 71.2 Å². The van der Waals surface area contributed by atoms with Gasteiger partial charge in [0, 0.05) is 33.4 Å². The Morgan fingerprint density at radius 3 is 1.51 bits per heavy atom. The zero-order valence-electron chi connectivity index (χ0n) is 34.7. The second-order valence-electron chi connectivity index (χ2n) is 18.2. The summed E-state index contributed by atoms with van der Waals surface area (Å²) in [5, 5.41) is 10.2. The lowest BCUT2D eigenvalue weighted by Crippen LogP contribution is -2.42. The molecule has 0 fully saturated rings. The molecule has 0 N–H and O–H groups in total. The molecule has 1 aliphatic carbocycles. The first-order valence-corrected chi connectivity index (χ1v) is 21.0. The van der Waals surface area contributed by atoms with Crippen LogP contribution in [-0.4, -0.2) is 4.57 Å². The average Bonchev–Trinajstić information content (AvgIpc) is 3.64. The quantitative estimate of drug-likeness (QED) is 0.159. The van der Waals surface area contributed by atoms with Crippen LogP contribution in [0.3, 0.4) is 0 Å². The molecule has 0 amide bonds. The summed E-state index contributed by atoms with van der Waals surface area (Å²) >= 11 is 0. The van der Waals surface area contributed by atoms with Gasteiger partial charge in [0.25, 0.3) is 0 Å². The lowest BCUT2D eigenvalue weighted by Gasteiger charge is -2.44. The van der Waals surface area contributed by atoms with E-state index in [0.717, 1.165) is 17.1 Å². The van der Waals surface area contributed by atoms with E-state index in [2.05, 4.69) is 233 Å². The van der Waals surface area contributed by atoms with Gasteiger partial charge in [-0.15, -0.1) is 0 Å². The molecule has 10 aromatic rings. The predicted octanol–water partition coefficient (Wildman–Crippen LogP) is 16.0. The number of aromatic nitrogens is 1. The minimum Gasteiger partial charge on any atom is -0.310 e. The van der Waals surface area contributed by atoms with Gasteiger partial charge in [-0.3, -0.25) is 0 Å². The molecule has 0 radical (unpaired) electrons. The van der Waals surface area contributed by atoms with E-state index in [4.69, 9.17) is 0 Å². The van der Waals surface area contributed by atoms with Crippen LogP contribution in [0.1, 0.15) is 52.7 Å². The molecule has 0 saturated carbocycles. The molecular weight excluding hydrogens is 713 g/mol. The van der Waals surface area contributed by atoms with Gasteiger partial charge in [-0.1, -0.05) is 163 Å². The fraction of sp³-hybridized carbons (Fsp3) is 0.158. The van der Waals surface area contributed by atoms with Crippen molar-refractivity contribution in [2.75, 3.05) is 4.90 Å². The third-order valence-corrected chi connectivity index (χ3v) is 14.8. The van der Waals surface area contributed by atoms with Gasteiger partial charge in [0.1, 0.15) is 0 Å². The summed E-state index contributed by atoms with van der Waals surface area (Å²) in [5.74, 6) is 0. The van der Waals surface area contributed by atoms with Gasteiger partial charge in [0.15, 0.2) is 0 Å². The van der Waals surface area contributed by atoms with E-state index >= 15 is 0 Å². The van der Waals surface area contributed by atoms with Crippen molar-refractivity contribution in [2.45, 2.75) is 52.4 Å². The lowest BCUT2D eigenvalue weighted by molar-refractivity contribution is 0.125. The molecule has 1 aliphatic rings. The van der Waals surface area contributed by atoms with Crippen LogP contribution in [0, 0.1) is 5.41 Å². The molecular formula is C57H48N2. The maximum atomic E-state index is 2.55. The number of fused-ring (bicyclic) bond motifs is 10. The summed E-state index contributed by atoms with van der Waals surface area (Å²) in [6.07, 6.45) is 0. The van der Waals surface area contributed by atoms with Gasteiger partial charge < -0.3 is 9.47 Å². The van der Waals surface area contributed by atoms with Crippen molar-refractivity contribution in [1.29, 1.82) is 0 Å². The Labute approximate surface area is 347 Å². The third-order valence-electron chi connectivity index (χ3n) is 14.8. The molecule has 0 aliphatic heterocycles. The van der Waals surface area contributed by atoms with Gasteiger partial charge in [0.2, 0.25) is 0 Å². The predicted molar refractivity (Wildman–Crippen MR) is 253 cm³/mol. The molecule has 1 heterocycles. The SMILES string of the molecule is CC1(C)c2cc(-c3ccc4c5ccccc5n(-c5ccccc5)c4c3)c(N(c3ccccc3)c3ccc4c5ccccc5c5ccccc5c4c3)cc2C(C)(C)C1(C)C. The molecule has 0 atom stereocenters. The van der Waals surface area contributed by atoms with Crippen molar-refractivity contribution in [1.82, 2.24) is 4.57 Å². The van der Waals surface area contributed by atoms with Crippen LogP contribution in [0.5, 0.6) is 0 Å². The Hall–Kier alpha value is -6.64. The molecule has 0 unspecified atom stereocenters. The Bertz CT molecular complexity index is 3260. The first-order chi connectivity index (χ1) is 28.6. The Kier molecular flexibility index (Phi) is 7.63. The highest BCUT2D eigenvalue weighted by molar-refractivity contribution is 6.26. The number of hydrogen-bond acceptors (Lipinski definition) is 1. The van der Waals surface area contributed by atoms with E-state index in [0.29, 0.717) is 0 Å². The normalized spacial score (nSPS) is 15.4. The first kappa shape index (κ1) is 35.5. The number of anilines is 3. The highest BCUT2D eigenvalue weighted by Crippen LogP contribution is 2.63. The summed E-state index contributed by atoms with van der Waals surface area (Å²) in [4.78, 5) is 2.52. The van der Waals surface area contributed by atoms with Crippen LogP contribution in [0.4, 0.5) is 17.1 Å².